The molecule has 1 aliphatic heterocycles. The minimum atomic E-state index is -1.17. The molecule has 1 aliphatic carbocycles. The van der Waals surface area contributed by atoms with Gasteiger partial charge in [-0.05, 0) is 54.2 Å². The van der Waals surface area contributed by atoms with Gasteiger partial charge < -0.3 is 20.0 Å². The summed E-state index contributed by atoms with van der Waals surface area (Å²) in [6.45, 7) is 2.15. The van der Waals surface area contributed by atoms with Crippen molar-refractivity contribution in [3.05, 3.63) is 76.9 Å². The van der Waals surface area contributed by atoms with Crippen molar-refractivity contribution >= 4 is 17.6 Å². The van der Waals surface area contributed by atoms with Crippen molar-refractivity contribution in [2.75, 3.05) is 11.9 Å². The van der Waals surface area contributed by atoms with Crippen LogP contribution in [-0.2, 0) is 4.74 Å². The van der Waals surface area contributed by atoms with E-state index in [1.807, 2.05) is 24.3 Å². The zero-order valence-electron chi connectivity index (χ0n) is 15.0. The molecule has 0 amide bonds. The number of ether oxygens (including phenoxy) is 1. The molecule has 2 aliphatic rings. The number of carboxylic acid groups (broad SMARTS) is 1. The second-order valence-electron chi connectivity index (χ2n) is 6.91. The highest BCUT2D eigenvalue weighted by Crippen LogP contribution is 2.49. The fourth-order valence-electron chi connectivity index (χ4n) is 4.09. The number of nitrogens with one attached hydrogen (secondary N) is 1. The minimum absolute atomic E-state index is 0.0711. The third kappa shape index (κ3) is 3.10. The number of carboxylic acids is 1. The molecule has 27 heavy (non-hydrogen) atoms. The lowest BCUT2D eigenvalue weighted by molar-refractivity contribution is -0.255. The third-order valence-corrected chi connectivity index (χ3v) is 5.38. The normalized spacial score (nSPS) is 22.5. The minimum Gasteiger partial charge on any atom is -0.545 e. The van der Waals surface area contributed by atoms with Gasteiger partial charge in [0, 0.05) is 11.6 Å². The zero-order chi connectivity index (χ0) is 19.0. The Labute approximate surface area is 157 Å². The molecular formula is C22H20NO4-. The molecular weight excluding hydrogens is 342 g/mol. The second-order valence-corrected chi connectivity index (χ2v) is 6.91. The fourth-order valence-corrected chi connectivity index (χ4v) is 4.09. The number of fused-ring (bicyclic) bond motifs is 3. The Morgan fingerprint density at radius 3 is 2.59 bits per heavy atom. The predicted molar refractivity (Wildman–Crippen MR) is 99.5 cm³/mol. The van der Waals surface area contributed by atoms with Gasteiger partial charge in [-0.2, -0.15) is 0 Å². The van der Waals surface area contributed by atoms with E-state index in [-0.39, 0.29) is 23.5 Å². The van der Waals surface area contributed by atoms with Crippen molar-refractivity contribution in [3.8, 4) is 0 Å². The van der Waals surface area contributed by atoms with E-state index in [9.17, 15) is 14.7 Å². The van der Waals surface area contributed by atoms with Gasteiger partial charge >= 0.3 is 5.97 Å². The Morgan fingerprint density at radius 1 is 1.15 bits per heavy atom. The lowest BCUT2D eigenvalue weighted by Gasteiger charge is -2.37. The van der Waals surface area contributed by atoms with Crippen LogP contribution in [0.2, 0.25) is 0 Å². The Kier molecular flexibility index (Phi) is 4.44. The first-order valence-corrected chi connectivity index (χ1v) is 9.14. The van der Waals surface area contributed by atoms with Crippen molar-refractivity contribution in [2.24, 2.45) is 5.92 Å². The van der Waals surface area contributed by atoms with Crippen molar-refractivity contribution in [3.63, 3.8) is 0 Å². The molecule has 1 N–H and O–H groups in total. The molecule has 0 saturated heterocycles. The molecule has 0 saturated carbocycles. The Balaban J connectivity index is 1.68. The van der Waals surface area contributed by atoms with Crippen LogP contribution in [0.3, 0.4) is 0 Å². The maximum absolute atomic E-state index is 12.1. The first-order chi connectivity index (χ1) is 13.1. The molecule has 0 aromatic heterocycles. The van der Waals surface area contributed by atoms with Crippen LogP contribution in [0.15, 0.2) is 54.6 Å². The standard InChI is InChI=1S/C22H21NO4/c1-2-27-22(26)15-10-11-19-18(12-15)16-4-3-5-17(16)20(23-19)13-6-8-14(9-7-13)21(24)25/h3-4,6-12,16-17,20,23H,2,5H2,1H3,(H,24,25)/p-1/t16-,17-,20-/m0/s1. The van der Waals surface area contributed by atoms with Gasteiger partial charge in [-0.15, -0.1) is 0 Å². The smallest absolute Gasteiger partial charge is 0.338 e. The van der Waals surface area contributed by atoms with E-state index in [2.05, 4.69) is 17.5 Å². The van der Waals surface area contributed by atoms with Gasteiger partial charge in [0.25, 0.3) is 0 Å². The van der Waals surface area contributed by atoms with Crippen LogP contribution in [0, 0.1) is 5.92 Å². The predicted octanol–water partition coefficient (Wildman–Crippen LogP) is 3.05. The van der Waals surface area contributed by atoms with Crippen LogP contribution in [0.1, 0.15) is 57.1 Å². The highest BCUT2D eigenvalue weighted by Gasteiger charge is 2.38. The number of carbonyl (C=O) groups excluding carboxylic acids is 2. The first kappa shape index (κ1) is 17.3. The summed E-state index contributed by atoms with van der Waals surface area (Å²) in [5.41, 5.74) is 3.87. The van der Waals surface area contributed by atoms with Crippen molar-refractivity contribution in [2.45, 2.75) is 25.3 Å². The lowest BCUT2D eigenvalue weighted by atomic mass is 9.76. The molecule has 0 radical (unpaired) electrons. The van der Waals surface area contributed by atoms with Crippen LogP contribution in [-0.4, -0.2) is 18.5 Å². The molecule has 5 heteroatoms. The van der Waals surface area contributed by atoms with E-state index in [0.717, 1.165) is 23.2 Å². The second kappa shape index (κ2) is 6.91. The Hall–Kier alpha value is -3.08. The van der Waals surface area contributed by atoms with Crippen LogP contribution >= 0.6 is 0 Å². The number of esters is 1. The quantitative estimate of drug-likeness (QED) is 0.668. The molecule has 4 rings (SSSR count). The van der Waals surface area contributed by atoms with Crippen LogP contribution in [0.4, 0.5) is 5.69 Å². The number of rotatable bonds is 4. The van der Waals surface area contributed by atoms with E-state index >= 15 is 0 Å². The lowest BCUT2D eigenvalue weighted by Crippen LogP contribution is -2.29. The van der Waals surface area contributed by atoms with Gasteiger partial charge in [-0.25, -0.2) is 4.79 Å². The molecule has 3 atom stereocenters. The SMILES string of the molecule is CCOC(=O)c1ccc2c(c1)[C@H]1C=CC[C@@H]1[C@H](c1ccc(C(=O)[O-])cc1)N2. The molecule has 0 unspecified atom stereocenters. The summed E-state index contributed by atoms with van der Waals surface area (Å²) >= 11 is 0. The molecule has 1 heterocycles. The number of benzene rings is 2. The van der Waals surface area contributed by atoms with E-state index in [1.54, 1.807) is 25.1 Å². The summed E-state index contributed by atoms with van der Waals surface area (Å²) < 4.78 is 5.12. The first-order valence-electron chi connectivity index (χ1n) is 9.14. The van der Waals surface area contributed by atoms with E-state index in [0.29, 0.717) is 18.1 Å². The van der Waals surface area contributed by atoms with Crippen LogP contribution in [0.25, 0.3) is 0 Å². The van der Waals surface area contributed by atoms with E-state index < -0.39 is 5.97 Å². The van der Waals surface area contributed by atoms with Gasteiger partial charge in [-0.3, -0.25) is 0 Å². The number of aromatic carboxylic acids is 1. The third-order valence-electron chi connectivity index (χ3n) is 5.38. The van der Waals surface area contributed by atoms with Crippen LogP contribution in [0.5, 0.6) is 0 Å². The average Bonchev–Trinajstić information content (AvgIpc) is 3.17. The topological polar surface area (TPSA) is 78.5 Å². The fraction of sp³-hybridized carbons (Fsp3) is 0.273. The summed E-state index contributed by atoms with van der Waals surface area (Å²) in [5.74, 6) is -0.959. The maximum Gasteiger partial charge on any atom is 0.338 e. The van der Waals surface area contributed by atoms with Gasteiger partial charge in [0.2, 0.25) is 0 Å². The molecule has 2 aromatic carbocycles. The van der Waals surface area contributed by atoms with Crippen molar-refractivity contribution in [1.29, 1.82) is 0 Å². The van der Waals surface area contributed by atoms with Crippen molar-refractivity contribution < 1.29 is 19.4 Å². The Morgan fingerprint density at radius 2 is 1.89 bits per heavy atom. The zero-order valence-corrected chi connectivity index (χ0v) is 15.0. The summed E-state index contributed by atoms with van der Waals surface area (Å²) in [4.78, 5) is 23.1. The molecule has 5 nitrogen and oxygen atoms in total. The molecule has 0 spiro atoms. The summed E-state index contributed by atoms with van der Waals surface area (Å²) in [7, 11) is 0. The highest BCUT2D eigenvalue weighted by molar-refractivity contribution is 5.90. The van der Waals surface area contributed by atoms with Gasteiger partial charge in [0.1, 0.15) is 0 Å². The van der Waals surface area contributed by atoms with Gasteiger partial charge in [0.15, 0.2) is 0 Å². The molecule has 0 bridgehead atoms. The van der Waals surface area contributed by atoms with Gasteiger partial charge in [0.05, 0.1) is 24.2 Å². The molecule has 0 fully saturated rings. The number of hydrogen-bond acceptors (Lipinski definition) is 5. The monoisotopic (exact) mass is 362 g/mol. The molecule has 138 valence electrons. The van der Waals surface area contributed by atoms with E-state index in [4.69, 9.17) is 4.74 Å². The van der Waals surface area contributed by atoms with E-state index in [1.165, 1.54) is 0 Å². The van der Waals surface area contributed by atoms with Crippen LogP contribution < -0.4 is 10.4 Å². The number of hydrogen-bond donors (Lipinski definition) is 1. The number of carbonyl (C=O) groups is 2. The Bertz CT molecular complexity index is 916. The maximum atomic E-state index is 12.1. The molecule has 2 aromatic rings. The number of allylic oxidation sites excluding steroid dienone is 2. The number of anilines is 1. The average molecular weight is 362 g/mol. The largest absolute Gasteiger partial charge is 0.545 e. The highest BCUT2D eigenvalue weighted by atomic mass is 16.5. The summed E-state index contributed by atoms with van der Waals surface area (Å²) in [6, 6.07) is 12.6. The summed E-state index contributed by atoms with van der Waals surface area (Å²) in [6.07, 6.45) is 5.29. The van der Waals surface area contributed by atoms with Gasteiger partial charge in [-0.1, -0.05) is 36.4 Å². The summed E-state index contributed by atoms with van der Waals surface area (Å²) in [5, 5.41) is 14.6. The van der Waals surface area contributed by atoms with Crippen molar-refractivity contribution in [1.82, 2.24) is 0 Å².